The molecule has 0 radical (unpaired) electrons. The maximum absolute atomic E-state index is 10.8. The molecule has 0 saturated carbocycles. The third kappa shape index (κ3) is 3.89. The predicted molar refractivity (Wildman–Crippen MR) is 67.5 cm³/mol. The van der Waals surface area contributed by atoms with Crippen LogP contribution in [-0.4, -0.2) is 11.0 Å². The first-order valence-electron chi connectivity index (χ1n) is 5.58. The number of para-hydroxylation sites is 1. The van der Waals surface area contributed by atoms with Gasteiger partial charge < -0.3 is 5.32 Å². The molecule has 1 N–H and O–H groups in total. The number of rotatable bonds is 6. The molecule has 0 aromatic heterocycles. The van der Waals surface area contributed by atoms with Crippen LogP contribution >= 0.6 is 0 Å². The maximum atomic E-state index is 10.8. The molecule has 0 heterocycles. The third-order valence-electron chi connectivity index (χ3n) is 2.63. The predicted octanol–water partition coefficient (Wildman–Crippen LogP) is 2.49. The molecule has 0 spiro atoms. The number of nitro benzene ring substituents is 1. The summed E-state index contributed by atoms with van der Waals surface area (Å²) in [5.74, 6) is 2.60. The number of nitrogens with zero attached hydrogens (tertiary/aromatic N) is 1. The van der Waals surface area contributed by atoms with Gasteiger partial charge in [0, 0.05) is 30.6 Å². The molecule has 1 aromatic carbocycles. The lowest BCUT2D eigenvalue weighted by Gasteiger charge is -2.13. The molecule has 1 rings (SSSR count). The molecular formula is C13H16N2O2. The van der Waals surface area contributed by atoms with Crippen LogP contribution in [-0.2, 0) is 6.54 Å². The van der Waals surface area contributed by atoms with Crippen molar-refractivity contribution in [2.24, 2.45) is 0 Å². The Bertz CT molecular complexity index is 424. The lowest BCUT2D eigenvalue weighted by Crippen LogP contribution is -2.27. The number of hydrogen-bond acceptors (Lipinski definition) is 3. The van der Waals surface area contributed by atoms with Gasteiger partial charge in [-0.1, -0.05) is 25.1 Å². The molecule has 0 aliphatic carbocycles. The number of terminal acetylenes is 1. The highest BCUT2D eigenvalue weighted by Gasteiger charge is 2.13. The van der Waals surface area contributed by atoms with Gasteiger partial charge in [0.1, 0.15) is 0 Å². The van der Waals surface area contributed by atoms with Gasteiger partial charge in [0.25, 0.3) is 5.69 Å². The molecule has 0 bridgehead atoms. The summed E-state index contributed by atoms with van der Waals surface area (Å²) < 4.78 is 0. The van der Waals surface area contributed by atoms with Crippen molar-refractivity contribution in [1.29, 1.82) is 0 Å². The van der Waals surface area contributed by atoms with Crippen molar-refractivity contribution < 1.29 is 4.92 Å². The zero-order chi connectivity index (χ0) is 12.7. The Morgan fingerprint density at radius 3 is 2.82 bits per heavy atom. The van der Waals surface area contributed by atoms with E-state index in [1.807, 2.05) is 6.92 Å². The summed E-state index contributed by atoms with van der Waals surface area (Å²) in [5.41, 5.74) is 0.837. The fourth-order valence-corrected chi connectivity index (χ4v) is 1.60. The van der Waals surface area contributed by atoms with Gasteiger partial charge in [0.05, 0.1) is 4.92 Å². The van der Waals surface area contributed by atoms with E-state index in [1.165, 1.54) is 6.07 Å². The second kappa shape index (κ2) is 6.66. The second-order valence-corrected chi connectivity index (χ2v) is 3.78. The molecule has 1 unspecified atom stereocenters. The van der Waals surface area contributed by atoms with Gasteiger partial charge in [0.2, 0.25) is 0 Å². The van der Waals surface area contributed by atoms with Gasteiger partial charge in [-0.3, -0.25) is 10.1 Å². The van der Waals surface area contributed by atoms with Crippen LogP contribution in [0.1, 0.15) is 25.3 Å². The van der Waals surface area contributed by atoms with E-state index in [1.54, 1.807) is 18.2 Å². The van der Waals surface area contributed by atoms with Crippen molar-refractivity contribution >= 4 is 5.69 Å². The Labute approximate surface area is 101 Å². The molecule has 1 atom stereocenters. The summed E-state index contributed by atoms with van der Waals surface area (Å²) in [6.45, 7) is 2.51. The standard InChI is InChI=1S/C13H16N2O2/c1-3-7-12(4-2)14-10-11-8-5-6-9-13(11)15(16)17/h1,5-6,8-9,12,14H,4,7,10H2,2H3. The van der Waals surface area contributed by atoms with Crippen molar-refractivity contribution in [1.82, 2.24) is 5.32 Å². The molecule has 1 aromatic rings. The van der Waals surface area contributed by atoms with Crippen molar-refractivity contribution in [3.63, 3.8) is 0 Å². The van der Waals surface area contributed by atoms with Crippen molar-refractivity contribution in [3.8, 4) is 12.3 Å². The smallest absolute Gasteiger partial charge is 0.273 e. The highest BCUT2D eigenvalue weighted by molar-refractivity contribution is 5.39. The van der Waals surface area contributed by atoms with Crippen LogP contribution in [0.4, 0.5) is 5.69 Å². The minimum Gasteiger partial charge on any atom is -0.309 e. The summed E-state index contributed by atoms with van der Waals surface area (Å²) in [7, 11) is 0. The first-order chi connectivity index (χ1) is 8.19. The molecule has 4 nitrogen and oxygen atoms in total. The molecule has 0 saturated heterocycles. The number of benzene rings is 1. The first kappa shape index (κ1) is 13.2. The van der Waals surface area contributed by atoms with Crippen molar-refractivity contribution in [3.05, 3.63) is 39.9 Å². The average Bonchev–Trinajstić information content (AvgIpc) is 2.34. The van der Waals surface area contributed by atoms with E-state index in [9.17, 15) is 10.1 Å². The van der Waals surface area contributed by atoms with Crippen LogP contribution in [0.5, 0.6) is 0 Å². The van der Waals surface area contributed by atoms with E-state index >= 15 is 0 Å². The molecule has 0 amide bonds. The lowest BCUT2D eigenvalue weighted by molar-refractivity contribution is -0.385. The number of nitro groups is 1. The molecule has 17 heavy (non-hydrogen) atoms. The van der Waals surface area contributed by atoms with Crippen LogP contribution in [0.2, 0.25) is 0 Å². The largest absolute Gasteiger partial charge is 0.309 e. The van der Waals surface area contributed by atoms with Crippen molar-refractivity contribution in [2.75, 3.05) is 0 Å². The van der Waals surface area contributed by atoms with Crippen molar-refractivity contribution in [2.45, 2.75) is 32.4 Å². The minimum absolute atomic E-state index is 0.149. The maximum Gasteiger partial charge on any atom is 0.273 e. The third-order valence-corrected chi connectivity index (χ3v) is 2.63. The molecule has 0 aliphatic heterocycles. The summed E-state index contributed by atoms with van der Waals surface area (Å²) >= 11 is 0. The average molecular weight is 232 g/mol. The minimum atomic E-state index is -0.362. The quantitative estimate of drug-likeness (QED) is 0.465. The van der Waals surface area contributed by atoms with E-state index < -0.39 is 0 Å². The Morgan fingerprint density at radius 2 is 2.24 bits per heavy atom. The summed E-state index contributed by atoms with van der Waals surface area (Å²) in [6, 6.07) is 6.94. The second-order valence-electron chi connectivity index (χ2n) is 3.78. The fourth-order valence-electron chi connectivity index (χ4n) is 1.60. The van der Waals surface area contributed by atoms with E-state index in [0.717, 1.165) is 6.42 Å². The monoisotopic (exact) mass is 232 g/mol. The summed E-state index contributed by atoms with van der Waals surface area (Å²) in [6.07, 6.45) is 6.80. The van der Waals surface area contributed by atoms with Gasteiger partial charge in [0.15, 0.2) is 0 Å². The van der Waals surface area contributed by atoms with Gasteiger partial charge in [-0.15, -0.1) is 12.3 Å². The topological polar surface area (TPSA) is 55.2 Å². The highest BCUT2D eigenvalue weighted by Crippen LogP contribution is 2.17. The molecule has 0 aliphatic rings. The molecular weight excluding hydrogens is 216 g/mol. The Balaban J connectivity index is 2.69. The van der Waals surface area contributed by atoms with Gasteiger partial charge in [-0.05, 0) is 6.42 Å². The Morgan fingerprint density at radius 1 is 1.53 bits per heavy atom. The molecule has 4 heteroatoms. The van der Waals surface area contributed by atoms with Gasteiger partial charge >= 0.3 is 0 Å². The Kier molecular flexibility index (Phi) is 5.18. The van der Waals surface area contributed by atoms with Crippen LogP contribution in [0.15, 0.2) is 24.3 Å². The summed E-state index contributed by atoms with van der Waals surface area (Å²) in [5, 5.41) is 14.0. The van der Waals surface area contributed by atoms with Crippen LogP contribution < -0.4 is 5.32 Å². The van der Waals surface area contributed by atoms with Crippen LogP contribution in [0, 0.1) is 22.5 Å². The van der Waals surface area contributed by atoms with Gasteiger partial charge in [-0.2, -0.15) is 0 Å². The molecule has 90 valence electrons. The van der Waals surface area contributed by atoms with E-state index in [0.29, 0.717) is 18.5 Å². The number of hydrogen-bond donors (Lipinski definition) is 1. The van der Waals surface area contributed by atoms with Gasteiger partial charge in [-0.25, -0.2) is 0 Å². The normalized spacial score (nSPS) is 11.8. The van der Waals surface area contributed by atoms with E-state index in [-0.39, 0.29) is 16.7 Å². The molecule has 0 fully saturated rings. The van der Waals surface area contributed by atoms with Crippen LogP contribution in [0.25, 0.3) is 0 Å². The zero-order valence-corrected chi connectivity index (χ0v) is 9.85. The highest BCUT2D eigenvalue weighted by atomic mass is 16.6. The first-order valence-corrected chi connectivity index (χ1v) is 5.58. The van der Waals surface area contributed by atoms with E-state index in [2.05, 4.69) is 11.2 Å². The van der Waals surface area contributed by atoms with E-state index in [4.69, 9.17) is 6.42 Å². The summed E-state index contributed by atoms with van der Waals surface area (Å²) in [4.78, 5) is 10.4. The van der Waals surface area contributed by atoms with Crippen LogP contribution in [0.3, 0.4) is 0 Å². The number of nitrogens with one attached hydrogen (secondary N) is 1. The Hall–Kier alpha value is -1.86. The zero-order valence-electron chi connectivity index (χ0n) is 9.85. The fraction of sp³-hybridized carbons (Fsp3) is 0.385. The SMILES string of the molecule is C#CCC(CC)NCc1ccccc1[N+](=O)[O-]. The lowest BCUT2D eigenvalue weighted by atomic mass is 10.1.